The molecule has 3 nitrogen and oxygen atoms in total. The molecule has 3 rings (SSSR count). The minimum atomic E-state index is -0.206. The fourth-order valence-electron chi connectivity index (χ4n) is 3.29. The Morgan fingerprint density at radius 3 is 2.62 bits per heavy atom. The number of fused-ring (bicyclic) bond motifs is 3. The third-order valence-corrected chi connectivity index (χ3v) is 6.57. The SMILES string of the molecule is CCC(C)(CC)n1c(=S)[nH]c2sc3c(c2c1=O)CCCC3. The molecule has 2 heterocycles. The molecule has 0 aromatic carbocycles. The van der Waals surface area contributed by atoms with Crippen molar-refractivity contribution >= 4 is 33.8 Å². The quantitative estimate of drug-likeness (QED) is 0.843. The molecular weight excluding hydrogens is 300 g/mol. The van der Waals surface area contributed by atoms with E-state index in [-0.39, 0.29) is 11.1 Å². The zero-order chi connectivity index (χ0) is 15.2. The van der Waals surface area contributed by atoms with E-state index in [4.69, 9.17) is 12.2 Å². The number of rotatable bonds is 3. The molecule has 1 N–H and O–H groups in total. The van der Waals surface area contributed by atoms with Crippen LogP contribution in [0.3, 0.4) is 0 Å². The van der Waals surface area contributed by atoms with Crippen molar-refractivity contribution in [1.82, 2.24) is 9.55 Å². The van der Waals surface area contributed by atoms with Crippen molar-refractivity contribution < 1.29 is 0 Å². The largest absolute Gasteiger partial charge is 0.323 e. The Labute approximate surface area is 134 Å². The van der Waals surface area contributed by atoms with Gasteiger partial charge < -0.3 is 4.98 Å². The van der Waals surface area contributed by atoms with Gasteiger partial charge in [-0.1, -0.05) is 13.8 Å². The van der Waals surface area contributed by atoms with E-state index in [0.29, 0.717) is 4.77 Å². The zero-order valence-corrected chi connectivity index (χ0v) is 14.5. The molecule has 0 unspecified atom stereocenters. The van der Waals surface area contributed by atoms with E-state index in [9.17, 15) is 4.79 Å². The number of nitrogens with one attached hydrogen (secondary N) is 1. The molecule has 5 heteroatoms. The fourth-order valence-corrected chi connectivity index (χ4v) is 5.04. The Morgan fingerprint density at radius 2 is 1.95 bits per heavy atom. The van der Waals surface area contributed by atoms with Crippen molar-refractivity contribution in [2.24, 2.45) is 0 Å². The summed E-state index contributed by atoms with van der Waals surface area (Å²) in [6, 6.07) is 0. The minimum Gasteiger partial charge on any atom is -0.323 e. The van der Waals surface area contributed by atoms with Crippen LogP contribution in [0.1, 0.15) is 56.9 Å². The van der Waals surface area contributed by atoms with E-state index < -0.39 is 0 Å². The van der Waals surface area contributed by atoms with Gasteiger partial charge in [0.2, 0.25) is 0 Å². The Kier molecular flexibility index (Phi) is 3.82. The van der Waals surface area contributed by atoms with E-state index in [1.807, 2.05) is 4.57 Å². The van der Waals surface area contributed by atoms with Gasteiger partial charge in [-0.05, 0) is 63.2 Å². The molecule has 0 radical (unpaired) electrons. The van der Waals surface area contributed by atoms with E-state index in [0.717, 1.165) is 35.9 Å². The molecule has 21 heavy (non-hydrogen) atoms. The van der Waals surface area contributed by atoms with Gasteiger partial charge in [-0.25, -0.2) is 0 Å². The third-order valence-electron chi connectivity index (χ3n) is 5.07. The summed E-state index contributed by atoms with van der Waals surface area (Å²) in [5.74, 6) is 0. The van der Waals surface area contributed by atoms with E-state index in [1.165, 1.54) is 23.3 Å². The molecule has 0 bridgehead atoms. The molecule has 0 fully saturated rings. The van der Waals surface area contributed by atoms with Crippen molar-refractivity contribution in [3.05, 3.63) is 25.6 Å². The first kappa shape index (κ1) is 15.0. The predicted octanol–water partition coefficient (Wildman–Crippen LogP) is 4.53. The summed E-state index contributed by atoms with van der Waals surface area (Å²) in [7, 11) is 0. The van der Waals surface area contributed by atoms with Crippen LogP contribution in [0.2, 0.25) is 0 Å². The molecule has 2 aromatic heterocycles. The van der Waals surface area contributed by atoms with E-state index >= 15 is 0 Å². The molecule has 1 aliphatic carbocycles. The highest BCUT2D eigenvalue weighted by atomic mass is 32.1. The summed E-state index contributed by atoms with van der Waals surface area (Å²) in [6.45, 7) is 6.37. The van der Waals surface area contributed by atoms with Crippen LogP contribution in [-0.2, 0) is 18.4 Å². The van der Waals surface area contributed by atoms with Gasteiger partial charge in [-0.2, -0.15) is 0 Å². The van der Waals surface area contributed by atoms with Crippen molar-refractivity contribution in [3.8, 4) is 0 Å². The average molecular weight is 322 g/mol. The van der Waals surface area contributed by atoms with Gasteiger partial charge in [0.1, 0.15) is 4.83 Å². The van der Waals surface area contributed by atoms with Crippen LogP contribution in [0, 0.1) is 4.77 Å². The maximum atomic E-state index is 13.1. The first-order valence-electron chi connectivity index (χ1n) is 7.82. The maximum Gasteiger partial charge on any atom is 0.263 e. The summed E-state index contributed by atoms with van der Waals surface area (Å²) in [5.41, 5.74) is 1.18. The molecule has 0 atom stereocenters. The second-order valence-electron chi connectivity index (χ2n) is 6.19. The van der Waals surface area contributed by atoms with Crippen LogP contribution in [0.15, 0.2) is 4.79 Å². The highest BCUT2D eigenvalue weighted by Gasteiger charge is 2.28. The van der Waals surface area contributed by atoms with Crippen molar-refractivity contribution in [2.45, 2.75) is 64.8 Å². The minimum absolute atomic E-state index is 0.111. The lowest BCUT2D eigenvalue weighted by atomic mass is 9.94. The van der Waals surface area contributed by atoms with Gasteiger partial charge in [0, 0.05) is 10.4 Å². The molecule has 0 saturated carbocycles. The third kappa shape index (κ3) is 2.21. The first-order chi connectivity index (χ1) is 10.0. The maximum absolute atomic E-state index is 13.1. The summed E-state index contributed by atoms with van der Waals surface area (Å²) in [4.78, 5) is 18.8. The Bertz CT molecular complexity index is 793. The number of aryl methyl sites for hydroxylation is 2. The van der Waals surface area contributed by atoms with Gasteiger partial charge in [0.05, 0.1) is 5.39 Å². The molecule has 0 aliphatic heterocycles. The Hall–Kier alpha value is -0.940. The zero-order valence-electron chi connectivity index (χ0n) is 12.9. The van der Waals surface area contributed by atoms with Crippen molar-refractivity contribution in [1.29, 1.82) is 0 Å². The fraction of sp³-hybridized carbons (Fsp3) is 0.625. The predicted molar refractivity (Wildman–Crippen MR) is 92.1 cm³/mol. The first-order valence-corrected chi connectivity index (χ1v) is 9.04. The van der Waals surface area contributed by atoms with Crippen LogP contribution in [-0.4, -0.2) is 9.55 Å². The van der Waals surface area contributed by atoms with E-state index in [2.05, 4.69) is 25.8 Å². The normalized spacial score (nSPS) is 15.4. The highest BCUT2D eigenvalue weighted by Crippen LogP contribution is 2.34. The summed E-state index contributed by atoms with van der Waals surface area (Å²) >= 11 is 7.23. The van der Waals surface area contributed by atoms with Gasteiger partial charge >= 0.3 is 0 Å². The Balaban J connectivity index is 2.38. The monoisotopic (exact) mass is 322 g/mol. The number of aromatic amines is 1. The van der Waals surface area contributed by atoms with E-state index in [1.54, 1.807) is 11.3 Å². The van der Waals surface area contributed by atoms with Gasteiger partial charge in [0.15, 0.2) is 4.77 Å². The lowest BCUT2D eigenvalue weighted by molar-refractivity contribution is 0.280. The molecule has 2 aromatic rings. The number of H-pyrrole nitrogens is 1. The van der Waals surface area contributed by atoms with Gasteiger partial charge in [0.25, 0.3) is 5.56 Å². The molecule has 114 valence electrons. The molecule has 0 saturated heterocycles. The van der Waals surface area contributed by atoms with Gasteiger partial charge in [-0.3, -0.25) is 9.36 Å². The van der Waals surface area contributed by atoms with Crippen LogP contribution in [0.25, 0.3) is 10.2 Å². The second-order valence-corrected chi connectivity index (χ2v) is 7.68. The van der Waals surface area contributed by atoms with Crippen molar-refractivity contribution in [2.75, 3.05) is 0 Å². The summed E-state index contributed by atoms with van der Waals surface area (Å²) in [6.07, 6.45) is 6.36. The molecule has 0 spiro atoms. The van der Waals surface area contributed by atoms with Crippen LogP contribution >= 0.6 is 23.6 Å². The lowest BCUT2D eigenvalue weighted by Gasteiger charge is -2.29. The second kappa shape index (κ2) is 5.36. The number of hydrogen-bond donors (Lipinski definition) is 1. The number of hydrogen-bond acceptors (Lipinski definition) is 3. The van der Waals surface area contributed by atoms with Crippen LogP contribution < -0.4 is 5.56 Å². The van der Waals surface area contributed by atoms with Crippen LogP contribution in [0.4, 0.5) is 0 Å². The molecular formula is C16H22N2OS2. The lowest BCUT2D eigenvalue weighted by Crippen LogP contribution is -2.39. The topological polar surface area (TPSA) is 37.8 Å². The van der Waals surface area contributed by atoms with Gasteiger partial charge in [-0.15, -0.1) is 11.3 Å². The highest BCUT2D eigenvalue weighted by molar-refractivity contribution is 7.71. The summed E-state index contributed by atoms with van der Waals surface area (Å²) in [5, 5.41) is 0.899. The smallest absolute Gasteiger partial charge is 0.263 e. The van der Waals surface area contributed by atoms with Crippen LogP contribution in [0.5, 0.6) is 0 Å². The Morgan fingerprint density at radius 1 is 1.29 bits per heavy atom. The van der Waals surface area contributed by atoms with Crippen molar-refractivity contribution in [3.63, 3.8) is 0 Å². The number of aromatic nitrogens is 2. The molecule has 1 aliphatic rings. The number of nitrogens with zero attached hydrogens (tertiary/aromatic N) is 1. The average Bonchev–Trinajstić information content (AvgIpc) is 2.84. The number of thiophene rings is 1. The molecule has 0 amide bonds. The summed E-state index contributed by atoms with van der Waals surface area (Å²) < 4.78 is 2.39. The standard InChI is InChI=1S/C16H22N2OS2/c1-4-16(3,5-2)18-14(19)12-10-8-6-7-9-11(10)21-13(12)17-15(18)20/h4-9H2,1-3H3,(H,17,20).